The van der Waals surface area contributed by atoms with Crippen LogP contribution >= 0.6 is 0 Å². The van der Waals surface area contributed by atoms with Crippen LogP contribution in [-0.4, -0.2) is 33.9 Å². The number of nitrogens with zero attached hydrogens (tertiary/aromatic N) is 3. The number of carbonyl (C=O) groups excluding carboxylic acids is 1. The summed E-state index contributed by atoms with van der Waals surface area (Å²) in [5, 5.41) is 0. The highest BCUT2D eigenvalue weighted by atomic mass is 16.3. The van der Waals surface area contributed by atoms with Crippen molar-refractivity contribution in [2.24, 2.45) is 0 Å². The van der Waals surface area contributed by atoms with Gasteiger partial charge >= 0.3 is 0 Å². The van der Waals surface area contributed by atoms with Crippen molar-refractivity contribution in [3.63, 3.8) is 0 Å². The monoisotopic (exact) mass is 337 g/mol. The Kier molecular flexibility index (Phi) is 3.87. The van der Waals surface area contributed by atoms with Crippen molar-refractivity contribution in [1.29, 1.82) is 0 Å². The van der Waals surface area contributed by atoms with E-state index in [0.717, 1.165) is 34.7 Å². The van der Waals surface area contributed by atoms with Crippen LogP contribution in [0.4, 0.5) is 0 Å². The lowest BCUT2D eigenvalue weighted by molar-refractivity contribution is 0.0761. The van der Waals surface area contributed by atoms with Crippen LogP contribution in [0.1, 0.15) is 33.1 Å². The summed E-state index contributed by atoms with van der Waals surface area (Å²) < 4.78 is 10.7. The number of aromatic nitrogens is 2. The zero-order chi connectivity index (χ0) is 17.4. The average Bonchev–Trinajstić information content (AvgIpc) is 3.18. The lowest BCUT2D eigenvalue weighted by atomic mass is 10.0. The molecule has 1 aliphatic rings. The van der Waals surface area contributed by atoms with Crippen molar-refractivity contribution in [3.8, 4) is 11.3 Å². The summed E-state index contributed by atoms with van der Waals surface area (Å²) in [5.74, 6) is 1.44. The molecule has 128 valence electrons. The van der Waals surface area contributed by atoms with Crippen LogP contribution in [0.25, 0.3) is 11.3 Å². The molecule has 25 heavy (non-hydrogen) atoms. The van der Waals surface area contributed by atoms with Gasteiger partial charge in [-0.1, -0.05) is 0 Å². The maximum atomic E-state index is 12.9. The molecule has 0 aromatic carbocycles. The second kappa shape index (κ2) is 6.20. The highest BCUT2D eigenvalue weighted by Gasteiger charge is 2.25. The van der Waals surface area contributed by atoms with Gasteiger partial charge in [0.25, 0.3) is 5.91 Å². The van der Waals surface area contributed by atoms with E-state index in [2.05, 4.69) is 9.97 Å². The van der Waals surface area contributed by atoms with Crippen LogP contribution in [0.3, 0.4) is 0 Å². The Morgan fingerprint density at radius 3 is 2.76 bits per heavy atom. The van der Waals surface area contributed by atoms with Crippen molar-refractivity contribution in [2.45, 2.75) is 26.7 Å². The van der Waals surface area contributed by atoms with Crippen LogP contribution < -0.4 is 0 Å². The maximum absolute atomic E-state index is 12.9. The number of fused-ring (bicyclic) bond motifs is 1. The van der Waals surface area contributed by atoms with E-state index in [1.807, 2.05) is 30.9 Å². The average molecular weight is 337 g/mol. The van der Waals surface area contributed by atoms with Gasteiger partial charge in [-0.2, -0.15) is 0 Å². The Bertz CT molecular complexity index is 912. The smallest absolute Gasteiger partial charge is 0.257 e. The van der Waals surface area contributed by atoms with Gasteiger partial charge in [0.1, 0.15) is 17.8 Å². The van der Waals surface area contributed by atoms with Crippen LogP contribution in [0.15, 0.2) is 39.8 Å². The molecule has 6 nitrogen and oxygen atoms in total. The highest BCUT2D eigenvalue weighted by Crippen LogP contribution is 2.27. The molecule has 3 aromatic rings. The molecule has 0 bridgehead atoms. The summed E-state index contributed by atoms with van der Waals surface area (Å²) in [6, 6.07) is 3.71. The fraction of sp³-hybridized carbons (Fsp3) is 0.316. The first-order valence-electron chi connectivity index (χ1n) is 8.35. The SMILES string of the molecule is Cc1cc(C(=O)N2CCc3ncnc(-c4ccoc4)c3CC2)c(C)o1. The summed E-state index contributed by atoms with van der Waals surface area (Å²) in [7, 11) is 0. The van der Waals surface area contributed by atoms with Gasteiger partial charge in [-0.3, -0.25) is 4.79 Å². The van der Waals surface area contributed by atoms with E-state index in [1.54, 1.807) is 18.9 Å². The molecule has 0 aliphatic carbocycles. The lowest BCUT2D eigenvalue weighted by Gasteiger charge is -2.19. The second-order valence-electron chi connectivity index (χ2n) is 6.28. The number of amides is 1. The van der Waals surface area contributed by atoms with Crippen molar-refractivity contribution >= 4 is 5.91 Å². The summed E-state index contributed by atoms with van der Waals surface area (Å²) in [6.45, 7) is 4.95. The van der Waals surface area contributed by atoms with Gasteiger partial charge in [0, 0.05) is 36.3 Å². The highest BCUT2D eigenvalue weighted by molar-refractivity contribution is 5.95. The molecular weight excluding hydrogens is 318 g/mol. The molecule has 0 saturated heterocycles. The van der Waals surface area contributed by atoms with Crippen molar-refractivity contribution in [1.82, 2.24) is 14.9 Å². The van der Waals surface area contributed by atoms with Crippen LogP contribution in [0, 0.1) is 13.8 Å². The number of hydrogen-bond acceptors (Lipinski definition) is 5. The van der Waals surface area contributed by atoms with Crippen LogP contribution in [-0.2, 0) is 12.8 Å². The number of carbonyl (C=O) groups is 1. The minimum absolute atomic E-state index is 0.0139. The van der Waals surface area contributed by atoms with Gasteiger partial charge in [0.05, 0.1) is 23.8 Å². The number of rotatable bonds is 2. The molecule has 4 rings (SSSR count). The Labute approximate surface area is 145 Å². The fourth-order valence-corrected chi connectivity index (χ4v) is 3.39. The Morgan fingerprint density at radius 2 is 2.04 bits per heavy atom. The molecule has 0 fully saturated rings. The number of aryl methyl sites for hydroxylation is 2. The van der Waals surface area contributed by atoms with Crippen molar-refractivity contribution in [3.05, 3.63) is 59.3 Å². The quantitative estimate of drug-likeness (QED) is 0.718. The molecule has 1 amide bonds. The zero-order valence-electron chi connectivity index (χ0n) is 14.3. The molecule has 1 aliphatic heterocycles. The molecule has 0 unspecified atom stereocenters. The van der Waals surface area contributed by atoms with Gasteiger partial charge in [-0.05, 0) is 32.4 Å². The van der Waals surface area contributed by atoms with Gasteiger partial charge in [-0.15, -0.1) is 0 Å². The van der Waals surface area contributed by atoms with E-state index in [1.165, 1.54) is 0 Å². The molecule has 4 heterocycles. The van der Waals surface area contributed by atoms with Gasteiger partial charge in [0.2, 0.25) is 0 Å². The molecule has 6 heteroatoms. The molecule has 0 spiro atoms. The van der Waals surface area contributed by atoms with Crippen molar-refractivity contribution < 1.29 is 13.6 Å². The topological polar surface area (TPSA) is 72.4 Å². The van der Waals surface area contributed by atoms with Crippen molar-refractivity contribution in [2.75, 3.05) is 13.1 Å². The summed E-state index contributed by atoms with van der Waals surface area (Å²) in [4.78, 5) is 23.6. The Hall–Kier alpha value is -2.89. The lowest BCUT2D eigenvalue weighted by Crippen LogP contribution is -2.33. The fourth-order valence-electron chi connectivity index (χ4n) is 3.39. The predicted octanol–water partition coefficient (Wildman–Crippen LogP) is 3.19. The Balaban J connectivity index is 1.61. The minimum Gasteiger partial charge on any atom is -0.472 e. The first kappa shape index (κ1) is 15.6. The van der Waals surface area contributed by atoms with E-state index in [4.69, 9.17) is 8.83 Å². The van der Waals surface area contributed by atoms with E-state index < -0.39 is 0 Å². The van der Waals surface area contributed by atoms with E-state index in [0.29, 0.717) is 30.8 Å². The predicted molar refractivity (Wildman–Crippen MR) is 91.2 cm³/mol. The van der Waals surface area contributed by atoms with Gasteiger partial charge in [-0.25, -0.2) is 9.97 Å². The second-order valence-corrected chi connectivity index (χ2v) is 6.28. The van der Waals surface area contributed by atoms with Gasteiger partial charge < -0.3 is 13.7 Å². The third kappa shape index (κ3) is 2.84. The van der Waals surface area contributed by atoms with E-state index in [9.17, 15) is 4.79 Å². The first-order valence-corrected chi connectivity index (χ1v) is 8.35. The van der Waals surface area contributed by atoms with E-state index in [-0.39, 0.29) is 5.91 Å². The third-order valence-electron chi connectivity index (χ3n) is 4.64. The summed E-state index contributed by atoms with van der Waals surface area (Å²) >= 11 is 0. The van der Waals surface area contributed by atoms with E-state index >= 15 is 0 Å². The van der Waals surface area contributed by atoms with Gasteiger partial charge in [0.15, 0.2) is 0 Å². The van der Waals surface area contributed by atoms with Crippen LogP contribution in [0.2, 0.25) is 0 Å². The summed E-state index contributed by atoms with van der Waals surface area (Å²) in [5.41, 5.74) is 4.58. The molecule has 0 radical (unpaired) electrons. The molecule has 0 N–H and O–H groups in total. The maximum Gasteiger partial charge on any atom is 0.257 e. The largest absolute Gasteiger partial charge is 0.472 e. The summed E-state index contributed by atoms with van der Waals surface area (Å²) in [6.07, 6.45) is 6.35. The molecule has 0 atom stereocenters. The minimum atomic E-state index is 0.0139. The Morgan fingerprint density at radius 1 is 1.20 bits per heavy atom. The molecule has 3 aromatic heterocycles. The zero-order valence-corrected chi connectivity index (χ0v) is 14.3. The molecular formula is C19H19N3O3. The number of hydrogen-bond donors (Lipinski definition) is 0. The van der Waals surface area contributed by atoms with Crippen LogP contribution in [0.5, 0.6) is 0 Å². The molecule has 0 saturated carbocycles. The first-order chi connectivity index (χ1) is 12.1. The third-order valence-corrected chi connectivity index (χ3v) is 4.64. The standard InChI is InChI=1S/C19H19N3O3/c1-12-9-16(13(2)25-12)19(23)22-6-3-15-17(4-7-22)20-11-21-18(15)14-5-8-24-10-14/h5,8-11H,3-4,6-7H2,1-2H3. The number of furan rings is 2. The normalized spacial score (nSPS) is 14.2.